The molecule has 1 N–H and O–H groups in total. The van der Waals surface area contributed by atoms with E-state index in [1.54, 1.807) is 19.1 Å². The summed E-state index contributed by atoms with van der Waals surface area (Å²) >= 11 is 11.5. The van der Waals surface area contributed by atoms with Crippen molar-refractivity contribution in [3.05, 3.63) is 34.3 Å². The van der Waals surface area contributed by atoms with Crippen LogP contribution in [0.3, 0.4) is 0 Å². The molecule has 1 aromatic carbocycles. The van der Waals surface area contributed by atoms with Gasteiger partial charge in [0.1, 0.15) is 5.38 Å². The molecule has 1 heterocycles. The summed E-state index contributed by atoms with van der Waals surface area (Å²) in [7, 11) is 0. The summed E-state index contributed by atoms with van der Waals surface area (Å²) in [4.78, 5) is 23.5. The highest BCUT2D eigenvalue weighted by Crippen LogP contribution is 2.26. The van der Waals surface area contributed by atoms with Gasteiger partial charge in [0.25, 0.3) is 0 Å². The zero-order valence-electron chi connectivity index (χ0n) is 11.4. The van der Waals surface area contributed by atoms with E-state index in [9.17, 15) is 9.59 Å². The number of nitrogens with zero attached hydrogens (tertiary/aromatic N) is 2. The van der Waals surface area contributed by atoms with E-state index in [1.165, 1.54) is 23.1 Å². The Labute approximate surface area is 149 Å². The fourth-order valence-corrected chi connectivity index (χ4v) is 3.34. The number of thioether (sulfide) groups is 1. The van der Waals surface area contributed by atoms with Gasteiger partial charge in [-0.2, -0.15) is 0 Å². The Kier molecular flexibility index (Phi) is 6.37. The van der Waals surface area contributed by atoms with Crippen LogP contribution in [0.15, 0.2) is 33.1 Å². The van der Waals surface area contributed by atoms with Crippen LogP contribution in [0.5, 0.6) is 0 Å². The van der Waals surface area contributed by atoms with Crippen molar-refractivity contribution >= 4 is 67.5 Å². The van der Waals surface area contributed by atoms with Crippen molar-refractivity contribution in [3.8, 4) is 0 Å². The van der Waals surface area contributed by atoms with Crippen LogP contribution in [0.2, 0.25) is 0 Å². The Morgan fingerprint density at radius 3 is 2.68 bits per heavy atom. The molecule has 0 spiro atoms. The number of halogens is 2. The van der Waals surface area contributed by atoms with E-state index in [4.69, 9.17) is 11.6 Å². The van der Waals surface area contributed by atoms with E-state index < -0.39 is 5.38 Å². The third-order valence-electron chi connectivity index (χ3n) is 2.49. The molecule has 0 radical (unpaired) electrons. The first-order chi connectivity index (χ1) is 10.5. The van der Waals surface area contributed by atoms with Crippen LogP contribution in [-0.2, 0) is 4.79 Å². The van der Waals surface area contributed by atoms with Crippen molar-refractivity contribution in [2.45, 2.75) is 16.6 Å². The van der Waals surface area contributed by atoms with Gasteiger partial charge in [0, 0.05) is 10.0 Å². The standard InChI is InChI=1S/C13H11BrClN3O2S2/c1-7(15)11(20)16-12-17-18-13(22-12)21-6-10(19)8-2-4-9(14)5-3-8/h2-5,7H,6H2,1H3,(H,16,17,20)/t7-/m0/s1. The molecule has 0 aliphatic heterocycles. The Hall–Kier alpha value is -0.960. The van der Waals surface area contributed by atoms with E-state index >= 15 is 0 Å². The Morgan fingerprint density at radius 1 is 1.36 bits per heavy atom. The molecule has 2 rings (SSSR count). The molecule has 0 saturated heterocycles. The number of nitrogens with one attached hydrogen (secondary N) is 1. The van der Waals surface area contributed by atoms with Crippen LogP contribution in [-0.4, -0.2) is 33.0 Å². The highest BCUT2D eigenvalue weighted by atomic mass is 79.9. The lowest BCUT2D eigenvalue weighted by atomic mass is 10.2. The maximum atomic E-state index is 12.0. The second kappa shape index (κ2) is 8.05. The third kappa shape index (κ3) is 5.05. The second-order valence-electron chi connectivity index (χ2n) is 4.20. The molecule has 22 heavy (non-hydrogen) atoms. The van der Waals surface area contributed by atoms with Gasteiger partial charge in [0.2, 0.25) is 11.0 Å². The summed E-state index contributed by atoms with van der Waals surface area (Å²) in [6.45, 7) is 1.57. The lowest BCUT2D eigenvalue weighted by Crippen LogP contribution is -2.20. The van der Waals surface area contributed by atoms with Crippen molar-refractivity contribution in [2.75, 3.05) is 11.1 Å². The smallest absolute Gasteiger partial charge is 0.243 e. The van der Waals surface area contributed by atoms with Crippen molar-refractivity contribution in [1.29, 1.82) is 0 Å². The minimum atomic E-state index is -0.640. The molecule has 0 aliphatic carbocycles. The van der Waals surface area contributed by atoms with Gasteiger partial charge in [-0.1, -0.05) is 51.2 Å². The first-order valence-electron chi connectivity index (χ1n) is 6.15. The van der Waals surface area contributed by atoms with Crippen molar-refractivity contribution < 1.29 is 9.59 Å². The first-order valence-corrected chi connectivity index (χ1v) is 9.19. The monoisotopic (exact) mass is 419 g/mol. The Bertz CT molecular complexity index is 676. The lowest BCUT2D eigenvalue weighted by Gasteiger charge is -2.00. The Balaban J connectivity index is 1.89. The lowest BCUT2D eigenvalue weighted by molar-refractivity contribution is -0.115. The quantitative estimate of drug-likeness (QED) is 0.333. The normalized spacial score (nSPS) is 12.0. The molecule has 5 nitrogen and oxygen atoms in total. The van der Waals surface area contributed by atoms with E-state index in [0.29, 0.717) is 15.0 Å². The summed E-state index contributed by atoms with van der Waals surface area (Å²) in [5.41, 5.74) is 0.643. The fourth-order valence-electron chi connectivity index (χ4n) is 1.37. The second-order valence-corrected chi connectivity index (χ2v) is 7.97. The summed E-state index contributed by atoms with van der Waals surface area (Å²) < 4.78 is 1.54. The minimum Gasteiger partial charge on any atom is -0.299 e. The summed E-state index contributed by atoms with van der Waals surface area (Å²) in [6.07, 6.45) is 0. The zero-order chi connectivity index (χ0) is 16.1. The van der Waals surface area contributed by atoms with Crippen LogP contribution in [0.1, 0.15) is 17.3 Å². The van der Waals surface area contributed by atoms with Crippen LogP contribution in [0.4, 0.5) is 5.13 Å². The molecule has 0 aliphatic rings. The van der Waals surface area contributed by atoms with Gasteiger partial charge >= 0.3 is 0 Å². The largest absolute Gasteiger partial charge is 0.299 e. The average molecular weight is 421 g/mol. The molecule has 1 aromatic heterocycles. The number of aromatic nitrogens is 2. The van der Waals surface area contributed by atoms with Crippen molar-refractivity contribution in [3.63, 3.8) is 0 Å². The van der Waals surface area contributed by atoms with Gasteiger partial charge in [-0.3, -0.25) is 14.9 Å². The number of amides is 1. The SMILES string of the molecule is C[C@H](Cl)C(=O)Nc1nnc(SCC(=O)c2ccc(Br)cc2)s1. The number of hydrogen-bond donors (Lipinski definition) is 1. The van der Waals surface area contributed by atoms with Gasteiger partial charge < -0.3 is 0 Å². The molecular weight excluding hydrogens is 410 g/mol. The van der Waals surface area contributed by atoms with Gasteiger partial charge in [-0.15, -0.1) is 21.8 Å². The fraction of sp³-hybridized carbons (Fsp3) is 0.231. The topological polar surface area (TPSA) is 72.0 Å². The molecule has 0 bridgehead atoms. The number of carbonyl (C=O) groups excluding carboxylic acids is 2. The summed E-state index contributed by atoms with van der Waals surface area (Å²) in [5.74, 6) is -0.0659. The predicted molar refractivity (Wildman–Crippen MR) is 93.1 cm³/mol. The minimum absolute atomic E-state index is 0.00710. The molecule has 116 valence electrons. The number of carbonyl (C=O) groups is 2. The molecular formula is C13H11BrClN3O2S2. The van der Waals surface area contributed by atoms with Crippen LogP contribution in [0.25, 0.3) is 0 Å². The van der Waals surface area contributed by atoms with Crippen molar-refractivity contribution in [1.82, 2.24) is 10.2 Å². The maximum absolute atomic E-state index is 12.0. The van der Waals surface area contributed by atoms with Crippen LogP contribution >= 0.6 is 50.6 Å². The summed E-state index contributed by atoms with van der Waals surface area (Å²) in [5, 5.41) is 10.1. The summed E-state index contributed by atoms with van der Waals surface area (Å²) in [6, 6.07) is 7.18. The van der Waals surface area contributed by atoms with Gasteiger partial charge in [-0.25, -0.2) is 0 Å². The van der Waals surface area contributed by atoms with E-state index in [1.807, 2.05) is 12.1 Å². The number of benzene rings is 1. The van der Waals surface area contributed by atoms with Gasteiger partial charge in [0.15, 0.2) is 10.1 Å². The number of anilines is 1. The van der Waals surface area contributed by atoms with Crippen molar-refractivity contribution in [2.24, 2.45) is 0 Å². The zero-order valence-corrected chi connectivity index (χ0v) is 15.4. The molecule has 1 atom stereocenters. The molecule has 2 aromatic rings. The molecule has 9 heteroatoms. The van der Waals surface area contributed by atoms with Gasteiger partial charge in [0.05, 0.1) is 5.75 Å². The molecule has 0 unspecified atom stereocenters. The first kappa shape index (κ1) is 17.4. The van der Waals surface area contributed by atoms with Crippen LogP contribution in [0, 0.1) is 0 Å². The molecule has 0 saturated carbocycles. The van der Waals surface area contributed by atoms with Crippen LogP contribution < -0.4 is 5.32 Å². The predicted octanol–water partition coefficient (Wildman–Crippen LogP) is 3.84. The highest BCUT2D eigenvalue weighted by Gasteiger charge is 2.14. The maximum Gasteiger partial charge on any atom is 0.243 e. The number of alkyl halides is 1. The number of hydrogen-bond acceptors (Lipinski definition) is 6. The Morgan fingerprint density at radius 2 is 2.05 bits per heavy atom. The van der Waals surface area contributed by atoms with E-state index in [0.717, 1.165) is 4.47 Å². The average Bonchev–Trinajstić information content (AvgIpc) is 2.93. The molecule has 1 amide bonds. The number of ketones is 1. The molecule has 0 fully saturated rings. The number of Topliss-reactive ketones (excluding diaryl/α,β-unsaturated/α-hetero) is 1. The third-order valence-corrected chi connectivity index (χ3v) is 5.19. The highest BCUT2D eigenvalue weighted by molar-refractivity contribution is 9.10. The number of rotatable bonds is 6. The van der Waals surface area contributed by atoms with Gasteiger partial charge in [-0.05, 0) is 19.1 Å². The van der Waals surface area contributed by atoms with E-state index in [2.05, 4.69) is 31.4 Å². The van der Waals surface area contributed by atoms with E-state index in [-0.39, 0.29) is 17.4 Å².